The van der Waals surface area contributed by atoms with E-state index in [0.29, 0.717) is 6.54 Å². The molecule has 0 aliphatic heterocycles. The van der Waals surface area contributed by atoms with Gasteiger partial charge in [-0.3, -0.25) is 0 Å². The molecule has 0 saturated carbocycles. The molecular formula is C10H13FIN. The largest absolute Gasteiger partial charge is 0.302 e. The lowest BCUT2D eigenvalue weighted by atomic mass is 10.2. The molecule has 3 heteroatoms. The van der Waals surface area contributed by atoms with Gasteiger partial charge in [-0.25, -0.2) is 4.39 Å². The van der Waals surface area contributed by atoms with E-state index in [0.717, 1.165) is 15.7 Å². The number of nitrogens with zero attached hydrogens (tertiary/aromatic N) is 1. The Balaban J connectivity index is 2.81. The Morgan fingerprint density at radius 3 is 2.77 bits per heavy atom. The lowest BCUT2D eigenvalue weighted by molar-refractivity contribution is 0.339. The smallest absolute Gasteiger partial charge is 0.127 e. The van der Waals surface area contributed by atoms with Crippen LogP contribution < -0.4 is 0 Å². The van der Waals surface area contributed by atoms with Crippen LogP contribution in [0.4, 0.5) is 4.39 Å². The maximum Gasteiger partial charge on any atom is 0.127 e. The Morgan fingerprint density at radius 2 is 2.15 bits per heavy atom. The highest BCUT2D eigenvalue weighted by molar-refractivity contribution is 14.1. The van der Waals surface area contributed by atoms with Gasteiger partial charge in [0, 0.05) is 15.7 Å². The molecule has 0 saturated heterocycles. The third-order valence-electron chi connectivity index (χ3n) is 1.99. The molecule has 0 aromatic heterocycles. The van der Waals surface area contributed by atoms with E-state index < -0.39 is 0 Å². The van der Waals surface area contributed by atoms with Crippen molar-refractivity contribution in [1.82, 2.24) is 4.90 Å². The second-order valence-corrected chi connectivity index (χ2v) is 4.31. The van der Waals surface area contributed by atoms with E-state index in [4.69, 9.17) is 0 Å². The fourth-order valence-corrected chi connectivity index (χ4v) is 1.62. The second kappa shape index (κ2) is 4.91. The average Bonchev–Trinajstić information content (AvgIpc) is 2.11. The van der Waals surface area contributed by atoms with E-state index in [-0.39, 0.29) is 5.82 Å². The minimum absolute atomic E-state index is 0.110. The Bertz CT molecular complexity index is 288. The van der Waals surface area contributed by atoms with E-state index in [1.165, 1.54) is 6.07 Å². The molecule has 1 aromatic rings. The molecule has 72 valence electrons. The molecule has 0 radical (unpaired) electrons. The van der Waals surface area contributed by atoms with Crippen molar-refractivity contribution in [2.75, 3.05) is 13.6 Å². The number of rotatable bonds is 3. The van der Waals surface area contributed by atoms with Crippen molar-refractivity contribution in [2.24, 2.45) is 0 Å². The zero-order valence-corrected chi connectivity index (χ0v) is 10.0. The second-order valence-electron chi connectivity index (χ2n) is 3.07. The molecule has 0 unspecified atom stereocenters. The average molecular weight is 293 g/mol. The van der Waals surface area contributed by atoms with Crippen LogP contribution in [0.5, 0.6) is 0 Å². The Morgan fingerprint density at radius 1 is 1.46 bits per heavy atom. The molecule has 0 fully saturated rings. The standard InChI is InChI=1S/C10H13FIN/c1-3-13(2)7-8-6-9(12)4-5-10(8)11/h4-6H,3,7H2,1-2H3. The van der Waals surface area contributed by atoms with E-state index in [1.807, 2.05) is 13.1 Å². The summed E-state index contributed by atoms with van der Waals surface area (Å²) in [6, 6.07) is 5.20. The van der Waals surface area contributed by atoms with E-state index in [2.05, 4.69) is 34.4 Å². The van der Waals surface area contributed by atoms with Crippen molar-refractivity contribution < 1.29 is 4.39 Å². The number of benzene rings is 1. The van der Waals surface area contributed by atoms with E-state index in [9.17, 15) is 4.39 Å². The fraction of sp³-hybridized carbons (Fsp3) is 0.400. The molecule has 0 aliphatic rings. The predicted octanol–water partition coefficient (Wildman–Crippen LogP) is 2.88. The minimum atomic E-state index is -0.110. The summed E-state index contributed by atoms with van der Waals surface area (Å²) in [4.78, 5) is 2.08. The quantitative estimate of drug-likeness (QED) is 0.775. The van der Waals surface area contributed by atoms with Crippen molar-refractivity contribution >= 4 is 22.6 Å². The number of hydrogen-bond acceptors (Lipinski definition) is 1. The van der Waals surface area contributed by atoms with Crippen molar-refractivity contribution in [2.45, 2.75) is 13.5 Å². The summed E-state index contributed by atoms with van der Waals surface area (Å²) in [5, 5.41) is 0. The maximum absolute atomic E-state index is 13.2. The van der Waals surface area contributed by atoms with Crippen LogP contribution >= 0.6 is 22.6 Å². The van der Waals surface area contributed by atoms with Gasteiger partial charge >= 0.3 is 0 Å². The molecule has 0 spiro atoms. The van der Waals surface area contributed by atoms with Crippen LogP contribution in [0.15, 0.2) is 18.2 Å². The first-order chi connectivity index (χ1) is 6.13. The zero-order valence-electron chi connectivity index (χ0n) is 7.85. The highest BCUT2D eigenvalue weighted by atomic mass is 127. The highest BCUT2D eigenvalue weighted by Crippen LogP contribution is 2.13. The van der Waals surface area contributed by atoms with E-state index in [1.54, 1.807) is 6.07 Å². The monoisotopic (exact) mass is 293 g/mol. The lowest BCUT2D eigenvalue weighted by Crippen LogP contribution is -2.17. The normalized spacial score (nSPS) is 10.8. The molecule has 1 aromatic carbocycles. The van der Waals surface area contributed by atoms with Crippen molar-refractivity contribution in [3.63, 3.8) is 0 Å². The summed E-state index contributed by atoms with van der Waals surface area (Å²) in [5.74, 6) is -0.110. The van der Waals surface area contributed by atoms with E-state index >= 15 is 0 Å². The van der Waals surface area contributed by atoms with Crippen LogP contribution in [0, 0.1) is 9.39 Å². The van der Waals surface area contributed by atoms with Crippen LogP contribution in [0.3, 0.4) is 0 Å². The first-order valence-corrected chi connectivity index (χ1v) is 5.34. The van der Waals surface area contributed by atoms with Gasteiger partial charge in [-0.05, 0) is 54.4 Å². The Kier molecular flexibility index (Phi) is 4.12. The van der Waals surface area contributed by atoms with Crippen LogP contribution in [-0.2, 0) is 6.54 Å². The molecule has 0 aliphatic carbocycles. The Labute approximate surface area is 92.1 Å². The van der Waals surface area contributed by atoms with Crippen molar-refractivity contribution in [3.05, 3.63) is 33.1 Å². The highest BCUT2D eigenvalue weighted by Gasteiger charge is 2.04. The van der Waals surface area contributed by atoms with Gasteiger partial charge in [-0.15, -0.1) is 0 Å². The molecule has 0 N–H and O–H groups in total. The minimum Gasteiger partial charge on any atom is -0.302 e. The fourth-order valence-electron chi connectivity index (χ4n) is 1.07. The van der Waals surface area contributed by atoms with Crippen molar-refractivity contribution in [3.8, 4) is 0 Å². The van der Waals surface area contributed by atoms with Gasteiger partial charge in [0.2, 0.25) is 0 Å². The van der Waals surface area contributed by atoms with Gasteiger partial charge in [-0.2, -0.15) is 0 Å². The summed E-state index contributed by atoms with van der Waals surface area (Å²) in [6.07, 6.45) is 0. The summed E-state index contributed by atoms with van der Waals surface area (Å²) < 4.78 is 14.3. The van der Waals surface area contributed by atoms with Gasteiger partial charge in [0.15, 0.2) is 0 Å². The van der Waals surface area contributed by atoms with Crippen molar-refractivity contribution in [1.29, 1.82) is 0 Å². The lowest BCUT2D eigenvalue weighted by Gasteiger charge is -2.14. The topological polar surface area (TPSA) is 3.24 Å². The molecule has 0 bridgehead atoms. The van der Waals surface area contributed by atoms with Gasteiger partial charge < -0.3 is 4.90 Å². The van der Waals surface area contributed by atoms with Gasteiger partial charge in [0.05, 0.1) is 0 Å². The Hall–Kier alpha value is -0.160. The molecule has 0 heterocycles. The number of hydrogen-bond donors (Lipinski definition) is 0. The zero-order chi connectivity index (χ0) is 9.84. The van der Waals surface area contributed by atoms with Gasteiger partial charge in [0.25, 0.3) is 0 Å². The number of halogens is 2. The molecule has 1 rings (SSSR count). The molecule has 13 heavy (non-hydrogen) atoms. The summed E-state index contributed by atoms with van der Waals surface area (Å²) in [7, 11) is 1.99. The first kappa shape index (κ1) is 10.9. The maximum atomic E-state index is 13.2. The first-order valence-electron chi connectivity index (χ1n) is 4.26. The van der Waals surface area contributed by atoms with Crippen LogP contribution in [0.2, 0.25) is 0 Å². The molecule has 0 amide bonds. The summed E-state index contributed by atoms with van der Waals surface area (Å²) in [6.45, 7) is 3.68. The van der Waals surface area contributed by atoms with Gasteiger partial charge in [-0.1, -0.05) is 6.92 Å². The molecule has 0 atom stereocenters. The van der Waals surface area contributed by atoms with Gasteiger partial charge in [0.1, 0.15) is 5.82 Å². The van der Waals surface area contributed by atoms with Crippen LogP contribution in [0.25, 0.3) is 0 Å². The predicted molar refractivity (Wildman–Crippen MR) is 61.1 cm³/mol. The van der Waals surface area contributed by atoms with Crippen LogP contribution in [0.1, 0.15) is 12.5 Å². The molecule has 1 nitrogen and oxygen atoms in total. The summed E-state index contributed by atoms with van der Waals surface area (Å²) >= 11 is 2.20. The third kappa shape index (κ3) is 3.23. The third-order valence-corrected chi connectivity index (χ3v) is 2.66. The van der Waals surface area contributed by atoms with Crippen LogP contribution in [-0.4, -0.2) is 18.5 Å². The molecular weight excluding hydrogens is 280 g/mol. The summed E-state index contributed by atoms with van der Waals surface area (Å²) in [5.41, 5.74) is 0.774. The SMILES string of the molecule is CCN(C)Cc1cc(I)ccc1F.